The number of phenols is 4. The van der Waals surface area contributed by atoms with Crippen molar-refractivity contribution in [2.24, 2.45) is 0 Å². The van der Waals surface area contributed by atoms with E-state index in [-0.39, 0.29) is 22.6 Å². The first-order chi connectivity index (χ1) is 15.1. The molecule has 4 rings (SSSR count). The number of carbonyl (C=O) groups is 1. The van der Waals surface area contributed by atoms with Crippen LogP contribution in [0.25, 0.3) is 0 Å². The summed E-state index contributed by atoms with van der Waals surface area (Å²) in [7, 11) is 0. The van der Waals surface area contributed by atoms with E-state index in [4.69, 9.17) is 14.2 Å². The Bertz CT molecular complexity index is 1040. The molecule has 2 aliphatic heterocycles. The Hall–Kier alpha value is -3.09. The molecule has 172 valence electrons. The van der Waals surface area contributed by atoms with Crippen LogP contribution < -0.4 is 4.74 Å². The standard InChI is InChI=1S/C21H22O11/c1-7-15(26)17(28)18(29)21(30-7)32-20-16(27)14-12(25)5-9(22)6-13(14)31-19(20)8-2-3-10(23)11(24)4-8/h2-7,15,17-26,28-29H,1H3/t7-,15-,17+,18+,19+,20-,21-/m0/s1. The Balaban J connectivity index is 1.75. The molecule has 1 fully saturated rings. The second-order valence-electron chi connectivity index (χ2n) is 7.73. The van der Waals surface area contributed by atoms with Gasteiger partial charge in [-0.05, 0) is 24.6 Å². The summed E-state index contributed by atoms with van der Waals surface area (Å²) in [6, 6.07) is 5.72. The number of ether oxygens (including phenoxy) is 3. The zero-order valence-corrected chi connectivity index (χ0v) is 16.7. The Morgan fingerprint density at radius 3 is 2.28 bits per heavy atom. The minimum absolute atomic E-state index is 0.154. The van der Waals surface area contributed by atoms with Crippen molar-refractivity contribution in [3.63, 3.8) is 0 Å². The molecular formula is C21H22O11. The minimum Gasteiger partial charge on any atom is -0.508 e. The van der Waals surface area contributed by atoms with Gasteiger partial charge in [0.25, 0.3) is 0 Å². The molecule has 2 aliphatic rings. The lowest BCUT2D eigenvalue weighted by atomic mass is 9.92. The maximum atomic E-state index is 13.3. The van der Waals surface area contributed by atoms with Crippen LogP contribution in [0.1, 0.15) is 28.9 Å². The van der Waals surface area contributed by atoms with Crippen molar-refractivity contribution in [3.05, 3.63) is 41.5 Å². The summed E-state index contributed by atoms with van der Waals surface area (Å²) in [5.41, 5.74) is -0.1000. The monoisotopic (exact) mass is 450 g/mol. The molecule has 0 aliphatic carbocycles. The van der Waals surface area contributed by atoms with E-state index in [1.165, 1.54) is 19.1 Å². The zero-order valence-electron chi connectivity index (χ0n) is 16.7. The van der Waals surface area contributed by atoms with E-state index >= 15 is 0 Å². The number of ketones is 1. The van der Waals surface area contributed by atoms with E-state index in [9.17, 15) is 40.5 Å². The molecule has 0 spiro atoms. The van der Waals surface area contributed by atoms with Gasteiger partial charge in [-0.1, -0.05) is 6.07 Å². The number of rotatable bonds is 3. The number of aliphatic hydroxyl groups is 3. The smallest absolute Gasteiger partial charge is 0.203 e. The molecule has 2 aromatic rings. The first-order valence-electron chi connectivity index (χ1n) is 9.72. The van der Waals surface area contributed by atoms with Gasteiger partial charge in [-0.2, -0.15) is 0 Å². The number of carbonyl (C=O) groups excluding carboxylic acids is 1. The molecule has 0 unspecified atom stereocenters. The van der Waals surface area contributed by atoms with Crippen LogP contribution in [0.2, 0.25) is 0 Å². The van der Waals surface area contributed by atoms with E-state index < -0.39 is 65.9 Å². The summed E-state index contributed by atoms with van der Waals surface area (Å²) in [6.07, 6.45) is -10.0. The molecular weight excluding hydrogens is 428 g/mol. The molecule has 32 heavy (non-hydrogen) atoms. The third-order valence-corrected chi connectivity index (χ3v) is 5.52. The van der Waals surface area contributed by atoms with Crippen molar-refractivity contribution >= 4 is 5.78 Å². The molecule has 7 N–H and O–H groups in total. The van der Waals surface area contributed by atoms with Gasteiger partial charge in [0.15, 0.2) is 30.0 Å². The van der Waals surface area contributed by atoms with Crippen LogP contribution in [0.3, 0.4) is 0 Å². The second kappa shape index (κ2) is 8.11. The van der Waals surface area contributed by atoms with Crippen molar-refractivity contribution in [2.45, 2.75) is 49.8 Å². The lowest BCUT2D eigenvalue weighted by Gasteiger charge is -2.42. The van der Waals surface area contributed by atoms with Crippen LogP contribution in [0.15, 0.2) is 30.3 Å². The van der Waals surface area contributed by atoms with E-state index in [0.717, 1.165) is 18.2 Å². The Labute approximate surface area is 181 Å². The highest BCUT2D eigenvalue weighted by Gasteiger charge is 2.48. The average Bonchev–Trinajstić information content (AvgIpc) is 2.73. The van der Waals surface area contributed by atoms with E-state index in [1.54, 1.807) is 0 Å². The van der Waals surface area contributed by atoms with Gasteiger partial charge in [-0.3, -0.25) is 4.79 Å². The van der Waals surface area contributed by atoms with E-state index in [1.807, 2.05) is 0 Å². The van der Waals surface area contributed by atoms with Gasteiger partial charge in [0.1, 0.15) is 41.1 Å². The van der Waals surface area contributed by atoms with Crippen LogP contribution in [-0.2, 0) is 9.47 Å². The van der Waals surface area contributed by atoms with E-state index in [2.05, 4.69) is 0 Å². The number of benzene rings is 2. The van der Waals surface area contributed by atoms with Gasteiger partial charge in [-0.15, -0.1) is 0 Å². The number of fused-ring (bicyclic) bond motifs is 1. The fourth-order valence-electron chi connectivity index (χ4n) is 3.77. The summed E-state index contributed by atoms with van der Waals surface area (Å²) in [5.74, 6) is -2.79. The average molecular weight is 450 g/mol. The molecule has 2 heterocycles. The highest BCUT2D eigenvalue weighted by molar-refractivity contribution is 6.05. The summed E-state index contributed by atoms with van der Waals surface area (Å²) in [4.78, 5) is 13.3. The van der Waals surface area contributed by atoms with Gasteiger partial charge in [0.05, 0.1) is 6.10 Å². The summed E-state index contributed by atoms with van der Waals surface area (Å²) in [6.45, 7) is 1.44. The van der Waals surface area contributed by atoms with Gasteiger partial charge in [0, 0.05) is 12.1 Å². The predicted molar refractivity (Wildman–Crippen MR) is 104 cm³/mol. The van der Waals surface area contributed by atoms with Crippen LogP contribution in [0.5, 0.6) is 28.7 Å². The van der Waals surface area contributed by atoms with Gasteiger partial charge in [-0.25, -0.2) is 0 Å². The van der Waals surface area contributed by atoms with Gasteiger partial charge < -0.3 is 50.0 Å². The van der Waals surface area contributed by atoms with E-state index in [0.29, 0.717) is 0 Å². The second-order valence-corrected chi connectivity index (χ2v) is 7.73. The molecule has 7 atom stereocenters. The number of Topliss-reactive ketones (excluding diaryl/α,β-unsaturated/α-hetero) is 1. The van der Waals surface area contributed by atoms with Crippen molar-refractivity contribution in [1.82, 2.24) is 0 Å². The first-order valence-corrected chi connectivity index (χ1v) is 9.72. The largest absolute Gasteiger partial charge is 0.508 e. The molecule has 2 aromatic carbocycles. The summed E-state index contributed by atoms with van der Waals surface area (Å²) in [5, 5.41) is 69.7. The topological polar surface area (TPSA) is 186 Å². The number of aliphatic hydroxyl groups excluding tert-OH is 3. The molecule has 0 amide bonds. The first kappa shape index (κ1) is 22.1. The van der Waals surface area contributed by atoms with Crippen molar-refractivity contribution < 1.29 is 54.8 Å². The van der Waals surface area contributed by atoms with Gasteiger partial charge >= 0.3 is 0 Å². The van der Waals surface area contributed by atoms with Crippen LogP contribution in [0.4, 0.5) is 0 Å². The lowest BCUT2D eigenvalue weighted by molar-refractivity contribution is -0.304. The Morgan fingerprint density at radius 2 is 1.59 bits per heavy atom. The highest BCUT2D eigenvalue weighted by atomic mass is 16.7. The van der Waals surface area contributed by atoms with Crippen molar-refractivity contribution in [3.8, 4) is 28.7 Å². The zero-order chi connectivity index (χ0) is 23.3. The SMILES string of the molecule is C[C@@H]1O[C@@H](O[C@H]2C(=O)c3c(O)cc(O)cc3O[C@@H]2c2ccc(O)c(O)c2)[C@H](O)[C@H](O)[C@H]1O. The number of phenolic OH excluding ortho intramolecular Hbond substituents is 4. The van der Waals surface area contributed by atoms with Crippen LogP contribution in [0, 0.1) is 0 Å². The third-order valence-electron chi connectivity index (χ3n) is 5.52. The fraction of sp³-hybridized carbons (Fsp3) is 0.381. The molecule has 0 aromatic heterocycles. The summed E-state index contributed by atoms with van der Waals surface area (Å²) < 4.78 is 16.9. The summed E-state index contributed by atoms with van der Waals surface area (Å²) >= 11 is 0. The molecule has 1 saturated heterocycles. The molecule has 0 radical (unpaired) electrons. The molecule has 0 bridgehead atoms. The number of hydrogen-bond donors (Lipinski definition) is 7. The maximum Gasteiger partial charge on any atom is 0.203 e. The Kier molecular flexibility index (Phi) is 5.61. The maximum absolute atomic E-state index is 13.3. The van der Waals surface area contributed by atoms with Crippen LogP contribution >= 0.6 is 0 Å². The number of aromatic hydroxyl groups is 4. The van der Waals surface area contributed by atoms with Crippen molar-refractivity contribution in [2.75, 3.05) is 0 Å². The fourth-order valence-corrected chi connectivity index (χ4v) is 3.77. The van der Waals surface area contributed by atoms with Crippen LogP contribution in [-0.4, -0.2) is 78.3 Å². The quantitative estimate of drug-likeness (QED) is 0.313. The molecule has 11 nitrogen and oxygen atoms in total. The molecule has 0 saturated carbocycles. The minimum atomic E-state index is -1.71. The molecule has 11 heteroatoms. The lowest BCUT2D eigenvalue weighted by Crippen LogP contribution is -2.59. The normalized spacial score (nSPS) is 32.2. The van der Waals surface area contributed by atoms with Gasteiger partial charge in [0.2, 0.25) is 5.78 Å². The third kappa shape index (κ3) is 3.70. The van der Waals surface area contributed by atoms with Crippen molar-refractivity contribution in [1.29, 1.82) is 0 Å². The number of hydrogen-bond acceptors (Lipinski definition) is 11. The highest BCUT2D eigenvalue weighted by Crippen LogP contribution is 2.44. The predicted octanol–water partition coefficient (Wildman–Crippen LogP) is 0.0381. The Morgan fingerprint density at radius 1 is 0.875 bits per heavy atom.